The Bertz CT molecular complexity index is 229. The van der Waals surface area contributed by atoms with Crippen LogP contribution in [0.25, 0.3) is 0 Å². The molecule has 0 aromatic rings. The summed E-state index contributed by atoms with van der Waals surface area (Å²) in [7, 11) is 0. The Hall–Kier alpha value is -0.610. The van der Waals surface area contributed by atoms with Gasteiger partial charge in [-0.05, 0) is 32.7 Å². The van der Waals surface area contributed by atoms with Gasteiger partial charge >= 0.3 is 5.97 Å². The third-order valence-corrected chi connectivity index (χ3v) is 3.24. The zero-order valence-corrected chi connectivity index (χ0v) is 11.4. The molecule has 1 N–H and O–H groups in total. The van der Waals surface area contributed by atoms with E-state index >= 15 is 0 Å². The van der Waals surface area contributed by atoms with Gasteiger partial charge in [0.1, 0.15) is 6.04 Å². The molecule has 1 aliphatic carbocycles. The number of carbonyl (C=O) groups excluding carboxylic acids is 1. The Labute approximate surface area is 105 Å². The first kappa shape index (κ1) is 14.5. The highest BCUT2D eigenvalue weighted by molar-refractivity contribution is 5.75. The number of rotatable bonds is 9. The Kier molecular flexibility index (Phi) is 6.52. The molecule has 1 rings (SSSR count). The highest BCUT2D eigenvalue weighted by Crippen LogP contribution is 2.25. The van der Waals surface area contributed by atoms with Crippen molar-refractivity contribution < 1.29 is 9.53 Å². The topological polar surface area (TPSA) is 41.6 Å². The maximum Gasteiger partial charge on any atom is 0.323 e. The fourth-order valence-corrected chi connectivity index (χ4v) is 2.06. The van der Waals surface area contributed by atoms with Gasteiger partial charge in [0.15, 0.2) is 0 Å². The van der Waals surface area contributed by atoms with Gasteiger partial charge in [-0.25, -0.2) is 0 Å². The van der Waals surface area contributed by atoms with Crippen molar-refractivity contribution in [3.8, 4) is 0 Å². The van der Waals surface area contributed by atoms with Crippen molar-refractivity contribution in [3.05, 3.63) is 0 Å². The molecule has 1 aliphatic rings. The Morgan fingerprint density at radius 1 is 1.41 bits per heavy atom. The highest BCUT2D eigenvalue weighted by atomic mass is 16.5. The minimum atomic E-state index is -0.146. The molecule has 0 heterocycles. The predicted octanol–water partition coefficient (Wildman–Crippen LogP) is 1.40. The third-order valence-electron chi connectivity index (χ3n) is 3.24. The van der Waals surface area contributed by atoms with Crippen LogP contribution in [0.2, 0.25) is 0 Å². The van der Waals surface area contributed by atoms with E-state index in [1.807, 2.05) is 13.8 Å². The van der Waals surface area contributed by atoms with Gasteiger partial charge in [-0.15, -0.1) is 0 Å². The van der Waals surface area contributed by atoms with E-state index in [2.05, 4.69) is 17.1 Å². The summed E-state index contributed by atoms with van der Waals surface area (Å²) in [6.45, 7) is 9.49. The van der Waals surface area contributed by atoms with E-state index in [-0.39, 0.29) is 12.0 Å². The van der Waals surface area contributed by atoms with Crippen LogP contribution in [0.4, 0.5) is 0 Å². The second-order valence-electron chi connectivity index (χ2n) is 4.53. The van der Waals surface area contributed by atoms with Gasteiger partial charge in [0.2, 0.25) is 0 Å². The number of esters is 1. The first-order valence-electron chi connectivity index (χ1n) is 6.86. The molecule has 4 nitrogen and oxygen atoms in total. The van der Waals surface area contributed by atoms with Crippen molar-refractivity contribution in [2.75, 3.05) is 26.2 Å². The number of carbonyl (C=O) groups is 1. The molecule has 0 radical (unpaired) electrons. The summed E-state index contributed by atoms with van der Waals surface area (Å²) in [6, 6.07) is 0.650. The lowest BCUT2D eigenvalue weighted by Crippen LogP contribution is -2.42. The number of nitrogens with zero attached hydrogens (tertiary/aromatic N) is 1. The first-order chi connectivity index (χ1) is 8.22. The number of likely N-dealkylation sites (N-methyl/N-ethyl adjacent to an activating group) is 1. The van der Waals surface area contributed by atoms with E-state index in [0.29, 0.717) is 6.61 Å². The number of nitrogens with one attached hydrogen (secondary N) is 1. The van der Waals surface area contributed by atoms with Gasteiger partial charge in [0.25, 0.3) is 0 Å². The summed E-state index contributed by atoms with van der Waals surface area (Å²) >= 11 is 0. The van der Waals surface area contributed by atoms with Crippen LogP contribution in [-0.2, 0) is 9.53 Å². The van der Waals surface area contributed by atoms with Crippen LogP contribution in [0.1, 0.15) is 40.0 Å². The van der Waals surface area contributed by atoms with E-state index in [1.165, 1.54) is 12.8 Å². The predicted molar refractivity (Wildman–Crippen MR) is 69.0 cm³/mol. The molecule has 0 aromatic heterocycles. The van der Waals surface area contributed by atoms with Crippen LogP contribution in [0.15, 0.2) is 0 Å². The third kappa shape index (κ3) is 5.04. The van der Waals surface area contributed by atoms with Crippen molar-refractivity contribution >= 4 is 5.97 Å². The van der Waals surface area contributed by atoms with Gasteiger partial charge in [0.05, 0.1) is 6.61 Å². The molecule has 0 amide bonds. The molecule has 17 heavy (non-hydrogen) atoms. The molecule has 0 saturated heterocycles. The fraction of sp³-hybridized carbons (Fsp3) is 0.923. The minimum absolute atomic E-state index is 0.121. The molecule has 4 heteroatoms. The molecule has 100 valence electrons. The monoisotopic (exact) mass is 242 g/mol. The maximum absolute atomic E-state index is 11.6. The van der Waals surface area contributed by atoms with E-state index in [1.54, 1.807) is 0 Å². The van der Waals surface area contributed by atoms with E-state index < -0.39 is 0 Å². The molecule has 1 fully saturated rings. The van der Waals surface area contributed by atoms with Crippen LogP contribution in [0.3, 0.4) is 0 Å². The van der Waals surface area contributed by atoms with Gasteiger partial charge in [-0.3, -0.25) is 9.69 Å². The zero-order valence-electron chi connectivity index (χ0n) is 11.4. The Balaban J connectivity index is 2.19. The standard InChI is InChI=1S/C13H26N2O2/c1-4-12(13(16)17-6-3)14-9-10-15(5-2)11-7-8-11/h11-12,14H,4-10H2,1-3H3. The molecular weight excluding hydrogens is 216 g/mol. The minimum Gasteiger partial charge on any atom is -0.465 e. The maximum atomic E-state index is 11.6. The van der Waals surface area contributed by atoms with Crippen LogP contribution in [0, 0.1) is 0 Å². The molecular formula is C13H26N2O2. The normalized spacial score (nSPS) is 17.2. The molecule has 0 aliphatic heterocycles. The number of ether oxygens (including phenoxy) is 1. The lowest BCUT2D eigenvalue weighted by molar-refractivity contribution is -0.145. The van der Waals surface area contributed by atoms with Crippen LogP contribution in [0.5, 0.6) is 0 Å². The fourth-order valence-electron chi connectivity index (χ4n) is 2.06. The van der Waals surface area contributed by atoms with Gasteiger partial charge < -0.3 is 10.1 Å². The Morgan fingerprint density at radius 3 is 2.59 bits per heavy atom. The summed E-state index contributed by atoms with van der Waals surface area (Å²) < 4.78 is 5.02. The van der Waals surface area contributed by atoms with Crippen molar-refractivity contribution in [2.45, 2.75) is 52.1 Å². The quantitative estimate of drug-likeness (QED) is 0.621. The van der Waals surface area contributed by atoms with E-state index in [0.717, 1.165) is 32.1 Å². The summed E-state index contributed by atoms with van der Waals surface area (Å²) in [5.41, 5.74) is 0. The summed E-state index contributed by atoms with van der Waals surface area (Å²) in [5.74, 6) is -0.121. The number of hydrogen-bond acceptors (Lipinski definition) is 4. The highest BCUT2D eigenvalue weighted by Gasteiger charge is 2.27. The van der Waals surface area contributed by atoms with Crippen LogP contribution < -0.4 is 5.32 Å². The second kappa shape index (κ2) is 7.67. The molecule has 1 unspecified atom stereocenters. The second-order valence-corrected chi connectivity index (χ2v) is 4.53. The Morgan fingerprint density at radius 2 is 2.12 bits per heavy atom. The molecule has 0 spiro atoms. The first-order valence-corrected chi connectivity index (χ1v) is 6.86. The van der Waals surface area contributed by atoms with Gasteiger partial charge in [-0.1, -0.05) is 13.8 Å². The summed E-state index contributed by atoms with van der Waals surface area (Å²) in [6.07, 6.45) is 3.46. The van der Waals surface area contributed by atoms with Crippen molar-refractivity contribution in [2.24, 2.45) is 0 Å². The lowest BCUT2D eigenvalue weighted by Gasteiger charge is -2.22. The molecule has 0 bridgehead atoms. The van der Waals surface area contributed by atoms with Crippen molar-refractivity contribution in [1.82, 2.24) is 10.2 Å². The average molecular weight is 242 g/mol. The SMILES string of the molecule is CCOC(=O)C(CC)NCCN(CC)C1CC1. The van der Waals surface area contributed by atoms with Crippen molar-refractivity contribution in [3.63, 3.8) is 0 Å². The molecule has 1 atom stereocenters. The van der Waals surface area contributed by atoms with E-state index in [9.17, 15) is 4.79 Å². The summed E-state index contributed by atoms with van der Waals surface area (Å²) in [4.78, 5) is 14.0. The average Bonchev–Trinajstić information content (AvgIpc) is 3.14. The summed E-state index contributed by atoms with van der Waals surface area (Å²) in [5, 5.41) is 3.29. The van der Waals surface area contributed by atoms with Gasteiger partial charge in [-0.2, -0.15) is 0 Å². The van der Waals surface area contributed by atoms with E-state index in [4.69, 9.17) is 4.74 Å². The lowest BCUT2D eigenvalue weighted by atomic mass is 10.2. The smallest absolute Gasteiger partial charge is 0.323 e. The van der Waals surface area contributed by atoms with Crippen molar-refractivity contribution in [1.29, 1.82) is 0 Å². The molecule has 1 saturated carbocycles. The molecule has 0 aromatic carbocycles. The number of hydrogen-bond donors (Lipinski definition) is 1. The zero-order chi connectivity index (χ0) is 12.7. The largest absolute Gasteiger partial charge is 0.465 e. The van der Waals surface area contributed by atoms with Crippen LogP contribution >= 0.6 is 0 Å². The van der Waals surface area contributed by atoms with Crippen LogP contribution in [-0.4, -0.2) is 49.2 Å². The van der Waals surface area contributed by atoms with Gasteiger partial charge in [0, 0.05) is 19.1 Å².